The molecule has 2 heterocycles. The van der Waals surface area contributed by atoms with Gasteiger partial charge in [-0.05, 0) is 12.0 Å². The van der Waals surface area contributed by atoms with E-state index in [0.717, 1.165) is 0 Å². The second kappa shape index (κ2) is 4.20. The van der Waals surface area contributed by atoms with Gasteiger partial charge in [-0.1, -0.05) is 12.1 Å². The highest BCUT2D eigenvalue weighted by Gasteiger charge is 2.48. The molecule has 7 nitrogen and oxygen atoms in total. The summed E-state index contributed by atoms with van der Waals surface area (Å²) in [4.78, 5) is 22.8. The first kappa shape index (κ1) is 11.9. The Morgan fingerprint density at radius 3 is 2.95 bits per heavy atom. The van der Waals surface area contributed by atoms with Gasteiger partial charge in [-0.25, -0.2) is 4.79 Å². The van der Waals surface area contributed by atoms with Crippen molar-refractivity contribution in [2.24, 2.45) is 0 Å². The van der Waals surface area contributed by atoms with Crippen LogP contribution in [0.4, 0.5) is 10.5 Å². The van der Waals surface area contributed by atoms with Crippen LogP contribution in [0.5, 0.6) is 0 Å². The molecule has 2 aliphatic heterocycles. The third kappa shape index (κ3) is 1.91. The first-order chi connectivity index (χ1) is 9.06. The quantitative estimate of drug-likeness (QED) is 0.649. The number of hydrogen-bond donors (Lipinski definition) is 1. The molecule has 0 aromatic heterocycles. The second-order valence-corrected chi connectivity index (χ2v) is 4.77. The number of benzene rings is 1. The number of non-ortho nitro benzene ring substituents is 1. The zero-order valence-corrected chi connectivity index (χ0v) is 9.93. The number of morpholine rings is 1. The molecule has 2 fully saturated rings. The van der Waals surface area contributed by atoms with Gasteiger partial charge in [-0.2, -0.15) is 0 Å². The maximum atomic E-state index is 11.1. The summed E-state index contributed by atoms with van der Waals surface area (Å²) < 4.78 is 5.73. The molecule has 2 bridgehead atoms. The van der Waals surface area contributed by atoms with Gasteiger partial charge in [-0.15, -0.1) is 0 Å². The molecule has 19 heavy (non-hydrogen) atoms. The Hall–Kier alpha value is -2.15. The molecule has 0 aliphatic carbocycles. The van der Waals surface area contributed by atoms with E-state index in [1.54, 1.807) is 12.1 Å². The van der Waals surface area contributed by atoms with Gasteiger partial charge >= 0.3 is 6.09 Å². The molecule has 1 N–H and O–H groups in total. The Morgan fingerprint density at radius 1 is 1.53 bits per heavy atom. The maximum Gasteiger partial charge on any atom is 0.407 e. The molecule has 7 heteroatoms. The number of ether oxygens (including phenoxy) is 1. The van der Waals surface area contributed by atoms with Gasteiger partial charge in [-0.3, -0.25) is 15.0 Å². The zero-order valence-electron chi connectivity index (χ0n) is 9.93. The predicted octanol–water partition coefficient (Wildman–Crippen LogP) is 1.79. The number of nitrogens with zero attached hydrogens (tertiary/aromatic N) is 2. The van der Waals surface area contributed by atoms with Gasteiger partial charge in [0.1, 0.15) is 6.10 Å². The highest BCUT2D eigenvalue weighted by Crippen LogP contribution is 2.42. The van der Waals surface area contributed by atoms with Crippen molar-refractivity contribution in [2.45, 2.75) is 24.7 Å². The van der Waals surface area contributed by atoms with Crippen LogP contribution in [0.2, 0.25) is 0 Å². The third-order valence-corrected chi connectivity index (χ3v) is 3.65. The van der Waals surface area contributed by atoms with E-state index in [-0.39, 0.29) is 17.8 Å². The highest BCUT2D eigenvalue weighted by molar-refractivity contribution is 5.66. The van der Waals surface area contributed by atoms with Crippen molar-refractivity contribution in [3.8, 4) is 0 Å². The van der Waals surface area contributed by atoms with Crippen molar-refractivity contribution in [1.82, 2.24) is 4.90 Å². The Kier molecular flexibility index (Phi) is 2.63. The largest absolute Gasteiger partial charge is 0.465 e. The van der Waals surface area contributed by atoms with E-state index in [2.05, 4.69) is 0 Å². The van der Waals surface area contributed by atoms with Gasteiger partial charge in [0.05, 0.1) is 23.6 Å². The van der Waals surface area contributed by atoms with Crippen LogP contribution in [0.3, 0.4) is 0 Å². The molecule has 1 amide bonds. The molecule has 2 saturated heterocycles. The first-order valence-corrected chi connectivity index (χ1v) is 5.95. The molecule has 2 aliphatic rings. The SMILES string of the molecule is O=C(O)N1C[C@H]2C[C@@H]1[C@H](c1cccc([N+](=O)[O-])c1)O2. The number of carbonyl (C=O) groups is 1. The van der Waals surface area contributed by atoms with E-state index in [1.165, 1.54) is 17.0 Å². The topological polar surface area (TPSA) is 92.9 Å². The van der Waals surface area contributed by atoms with Crippen LogP contribution in [0.25, 0.3) is 0 Å². The molecular weight excluding hydrogens is 252 g/mol. The monoisotopic (exact) mass is 264 g/mol. The third-order valence-electron chi connectivity index (χ3n) is 3.65. The van der Waals surface area contributed by atoms with E-state index in [0.29, 0.717) is 18.5 Å². The summed E-state index contributed by atoms with van der Waals surface area (Å²) in [6, 6.07) is 5.94. The van der Waals surface area contributed by atoms with E-state index in [1.807, 2.05) is 0 Å². The average molecular weight is 264 g/mol. The van der Waals surface area contributed by atoms with Crippen molar-refractivity contribution in [1.29, 1.82) is 0 Å². The van der Waals surface area contributed by atoms with Crippen LogP contribution in [0.1, 0.15) is 18.1 Å². The Morgan fingerprint density at radius 2 is 2.32 bits per heavy atom. The van der Waals surface area contributed by atoms with E-state index >= 15 is 0 Å². The van der Waals surface area contributed by atoms with E-state index in [9.17, 15) is 14.9 Å². The van der Waals surface area contributed by atoms with Crippen LogP contribution in [0.15, 0.2) is 24.3 Å². The fourth-order valence-electron chi connectivity index (χ4n) is 2.85. The lowest BCUT2D eigenvalue weighted by atomic mass is 10.0. The Bertz CT molecular complexity index is 547. The van der Waals surface area contributed by atoms with Crippen molar-refractivity contribution in [3.63, 3.8) is 0 Å². The first-order valence-electron chi connectivity index (χ1n) is 5.95. The number of likely N-dealkylation sites (tertiary alicyclic amines) is 1. The number of hydrogen-bond acceptors (Lipinski definition) is 4. The van der Waals surface area contributed by atoms with E-state index in [4.69, 9.17) is 9.84 Å². The number of carboxylic acid groups (broad SMARTS) is 1. The predicted molar refractivity (Wildman–Crippen MR) is 63.8 cm³/mol. The normalized spacial score (nSPS) is 28.6. The van der Waals surface area contributed by atoms with Crippen LogP contribution in [-0.4, -0.2) is 39.7 Å². The van der Waals surface area contributed by atoms with Gasteiger partial charge < -0.3 is 9.84 Å². The second-order valence-electron chi connectivity index (χ2n) is 4.77. The molecule has 1 aromatic rings. The van der Waals surface area contributed by atoms with Crippen LogP contribution in [0, 0.1) is 10.1 Å². The number of amides is 1. The fraction of sp³-hybridized carbons (Fsp3) is 0.417. The molecule has 1 aromatic carbocycles. The molecule has 0 unspecified atom stereocenters. The summed E-state index contributed by atoms with van der Waals surface area (Å²) >= 11 is 0. The van der Waals surface area contributed by atoms with Crippen LogP contribution < -0.4 is 0 Å². The summed E-state index contributed by atoms with van der Waals surface area (Å²) in [5.74, 6) is 0. The maximum absolute atomic E-state index is 11.1. The highest BCUT2D eigenvalue weighted by atomic mass is 16.6. The number of nitro groups is 1. The summed E-state index contributed by atoms with van der Waals surface area (Å²) in [5.41, 5.74) is 0.651. The number of nitro benzene ring substituents is 1. The minimum atomic E-state index is -0.966. The molecule has 3 atom stereocenters. The van der Waals surface area contributed by atoms with E-state index < -0.39 is 17.1 Å². The van der Waals surface area contributed by atoms with Crippen molar-refractivity contribution < 1.29 is 19.6 Å². The fourth-order valence-corrected chi connectivity index (χ4v) is 2.85. The van der Waals surface area contributed by atoms with Gasteiger partial charge in [0.15, 0.2) is 0 Å². The Balaban J connectivity index is 1.89. The smallest absolute Gasteiger partial charge is 0.407 e. The van der Waals surface area contributed by atoms with Gasteiger partial charge in [0.2, 0.25) is 0 Å². The zero-order chi connectivity index (χ0) is 13.6. The summed E-state index contributed by atoms with van der Waals surface area (Å²) in [5, 5.41) is 19.9. The summed E-state index contributed by atoms with van der Waals surface area (Å²) in [6.07, 6.45) is -0.828. The lowest BCUT2D eigenvalue weighted by molar-refractivity contribution is -0.385. The van der Waals surface area contributed by atoms with Crippen LogP contribution >= 0.6 is 0 Å². The molecular formula is C12H12N2O5. The number of fused-ring (bicyclic) bond motifs is 2. The molecule has 0 radical (unpaired) electrons. The lowest BCUT2D eigenvalue weighted by Gasteiger charge is -2.31. The molecule has 0 spiro atoms. The molecule has 3 rings (SSSR count). The average Bonchev–Trinajstić information content (AvgIpc) is 2.98. The Labute approximate surface area is 108 Å². The van der Waals surface area contributed by atoms with Crippen molar-refractivity contribution in [3.05, 3.63) is 39.9 Å². The van der Waals surface area contributed by atoms with Gasteiger partial charge in [0.25, 0.3) is 5.69 Å². The van der Waals surface area contributed by atoms with Crippen molar-refractivity contribution in [2.75, 3.05) is 6.54 Å². The summed E-state index contributed by atoms with van der Waals surface area (Å²) in [6.45, 7) is 0.380. The molecule has 100 valence electrons. The van der Waals surface area contributed by atoms with Gasteiger partial charge in [0, 0.05) is 12.1 Å². The minimum Gasteiger partial charge on any atom is -0.465 e. The summed E-state index contributed by atoms with van der Waals surface area (Å²) in [7, 11) is 0. The molecule has 0 saturated carbocycles. The standard InChI is InChI=1S/C12H12N2O5/c15-12(16)13-6-9-5-10(13)11(19-9)7-2-1-3-8(4-7)14(17)18/h1-4,9-11H,5-6H2,(H,15,16)/t9-,10-,11+/m1/s1. The van der Waals surface area contributed by atoms with Crippen LogP contribution in [-0.2, 0) is 4.74 Å². The number of rotatable bonds is 2. The van der Waals surface area contributed by atoms with Crippen molar-refractivity contribution >= 4 is 11.8 Å². The lowest BCUT2D eigenvalue weighted by Crippen LogP contribution is -2.42. The minimum absolute atomic E-state index is 0.00857.